The number of likely N-dealkylation sites (tertiary alicyclic amines) is 1. The summed E-state index contributed by atoms with van der Waals surface area (Å²) in [7, 11) is 0. The predicted octanol–water partition coefficient (Wildman–Crippen LogP) is 3.38. The Hall–Kier alpha value is -2.19. The van der Waals surface area contributed by atoms with E-state index in [9.17, 15) is 14.4 Å². The van der Waals surface area contributed by atoms with E-state index in [1.54, 1.807) is 23.2 Å². The van der Waals surface area contributed by atoms with Gasteiger partial charge in [0.15, 0.2) is 0 Å². The molecule has 1 N–H and O–H groups in total. The van der Waals surface area contributed by atoms with Gasteiger partial charge in [0.05, 0.1) is 15.2 Å². The molecule has 4 amide bonds. The van der Waals surface area contributed by atoms with Crippen molar-refractivity contribution in [1.82, 2.24) is 20.1 Å². The molecule has 1 atom stereocenters. The highest BCUT2D eigenvalue weighted by Crippen LogP contribution is 2.42. The largest absolute Gasteiger partial charge is 0.341 e. The predicted molar refractivity (Wildman–Crippen MR) is 115 cm³/mol. The van der Waals surface area contributed by atoms with E-state index >= 15 is 0 Å². The Morgan fingerprint density at radius 2 is 2.00 bits per heavy atom. The van der Waals surface area contributed by atoms with Crippen molar-refractivity contribution in [2.75, 3.05) is 19.6 Å². The summed E-state index contributed by atoms with van der Waals surface area (Å²) in [4.78, 5) is 45.4. The molecule has 1 aliphatic carbocycles. The molecule has 0 radical (unpaired) electrons. The lowest BCUT2D eigenvalue weighted by Crippen LogP contribution is -2.48. The van der Waals surface area contributed by atoms with Crippen LogP contribution in [0.4, 0.5) is 4.79 Å². The zero-order valence-corrected chi connectivity index (χ0v) is 18.3. The van der Waals surface area contributed by atoms with Crippen molar-refractivity contribution < 1.29 is 14.4 Å². The SMILES string of the molecule is CC1(C2CC2)NC(=O)N(CC(=O)N2CCC(c3nc4cc(Cl)ccc4s3)CC2)C1=O. The van der Waals surface area contributed by atoms with Crippen LogP contribution in [-0.2, 0) is 9.59 Å². The fourth-order valence-corrected chi connectivity index (χ4v) is 5.78. The molecule has 9 heteroatoms. The van der Waals surface area contributed by atoms with Crippen LogP contribution in [0.2, 0.25) is 5.02 Å². The Morgan fingerprint density at radius 3 is 2.70 bits per heavy atom. The molecule has 30 heavy (non-hydrogen) atoms. The maximum atomic E-state index is 12.8. The highest BCUT2D eigenvalue weighted by molar-refractivity contribution is 7.18. The summed E-state index contributed by atoms with van der Waals surface area (Å²) in [6.07, 6.45) is 3.52. The average molecular weight is 447 g/mol. The summed E-state index contributed by atoms with van der Waals surface area (Å²) in [5.41, 5.74) is 0.0679. The summed E-state index contributed by atoms with van der Waals surface area (Å²) in [5.74, 6) is 0.0491. The Balaban J connectivity index is 1.20. The third-order valence-electron chi connectivity index (χ3n) is 6.55. The van der Waals surface area contributed by atoms with Crippen molar-refractivity contribution in [2.24, 2.45) is 5.92 Å². The number of aromatic nitrogens is 1. The molecule has 2 saturated heterocycles. The number of fused-ring (bicyclic) bond motifs is 1. The lowest BCUT2D eigenvalue weighted by Gasteiger charge is -2.32. The fraction of sp³-hybridized carbons (Fsp3) is 0.524. The maximum Gasteiger partial charge on any atom is 0.325 e. The lowest BCUT2D eigenvalue weighted by atomic mass is 9.96. The molecule has 1 unspecified atom stereocenters. The monoisotopic (exact) mass is 446 g/mol. The number of halogens is 1. The number of carbonyl (C=O) groups excluding carboxylic acids is 3. The number of rotatable bonds is 4. The maximum absolute atomic E-state index is 12.8. The first-order valence-electron chi connectivity index (χ1n) is 10.3. The van der Waals surface area contributed by atoms with Crippen LogP contribution >= 0.6 is 22.9 Å². The summed E-state index contributed by atoms with van der Waals surface area (Å²) < 4.78 is 1.12. The smallest absolute Gasteiger partial charge is 0.325 e. The second-order valence-corrected chi connectivity index (χ2v) is 10.1. The summed E-state index contributed by atoms with van der Waals surface area (Å²) >= 11 is 7.74. The molecular weight excluding hydrogens is 424 g/mol. The molecule has 0 bridgehead atoms. The van der Waals surface area contributed by atoms with Crippen LogP contribution < -0.4 is 5.32 Å². The molecule has 1 saturated carbocycles. The zero-order chi connectivity index (χ0) is 21.0. The third kappa shape index (κ3) is 3.36. The van der Waals surface area contributed by atoms with Gasteiger partial charge in [0.1, 0.15) is 12.1 Å². The van der Waals surface area contributed by atoms with Gasteiger partial charge >= 0.3 is 6.03 Å². The van der Waals surface area contributed by atoms with Crippen LogP contribution in [0.25, 0.3) is 10.2 Å². The number of imide groups is 1. The molecule has 2 aliphatic heterocycles. The molecule has 1 aromatic heterocycles. The van der Waals surface area contributed by atoms with Crippen LogP contribution in [-0.4, -0.2) is 57.8 Å². The minimum absolute atomic E-state index is 0.173. The van der Waals surface area contributed by atoms with Gasteiger partial charge in [-0.3, -0.25) is 14.5 Å². The van der Waals surface area contributed by atoms with Crippen molar-refractivity contribution in [3.8, 4) is 0 Å². The number of piperidine rings is 1. The number of thiazole rings is 1. The van der Waals surface area contributed by atoms with Gasteiger partial charge in [-0.2, -0.15) is 0 Å². The quantitative estimate of drug-likeness (QED) is 0.730. The van der Waals surface area contributed by atoms with Crippen LogP contribution in [0.15, 0.2) is 18.2 Å². The van der Waals surface area contributed by atoms with Gasteiger partial charge < -0.3 is 10.2 Å². The van der Waals surface area contributed by atoms with E-state index in [1.807, 2.05) is 18.2 Å². The number of hydrogen-bond acceptors (Lipinski definition) is 5. The van der Waals surface area contributed by atoms with E-state index in [-0.39, 0.29) is 24.3 Å². The molecule has 3 heterocycles. The summed E-state index contributed by atoms with van der Waals surface area (Å²) in [6, 6.07) is 5.29. The number of nitrogens with one attached hydrogen (secondary N) is 1. The number of benzene rings is 1. The molecule has 7 nitrogen and oxygen atoms in total. The van der Waals surface area contributed by atoms with E-state index in [0.29, 0.717) is 24.0 Å². The van der Waals surface area contributed by atoms with Crippen LogP contribution in [0.3, 0.4) is 0 Å². The topological polar surface area (TPSA) is 82.6 Å². The minimum atomic E-state index is -0.847. The van der Waals surface area contributed by atoms with Crippen molar-refractivity contribution in [3.05, 3.63) is 28.2 Å². The molecule has 158 valence electrons. The normalized spacial score (nSPS) is 25.3. The van der Waals surface area contributed by atoms with Gasteiger partial charge in [-0.25, -0.2) is 9.78 Å². The Bertz CT molecular complexity index is 1040. The second kappa shape index (κ2) is 7.20. The lowest BCUT2D eigenvalue weighted by molar-refractivity contribution is -0.139. The first-order valence-corrected chi connectivity index (χ1v) is 11.5. The first-order chi connectivity index (χ1) is 14.3. The van der Waals surface area contributed by atoms with Gasteiger partial charge in [0.25, 0.3) is 5.91 Å². The Labute approximate surface area is 183 Å². The minimum Gasteiger partial charge on any atom is -0.341 e. The number of hydrogen-bond donors (Lipinski definition) is 1. The van der Waals surface area contributed by atoms with Gasteiger partial charge in [0.2, 0.25) is 5.91 Å². The van der Waals surface area contributed by atoms with E-state index in [4.69, 9.17) is 16.6 Å². The van der Waals surface area contributed by atoms with E-state index < -0.39 is 11.6 Å². The number of carbonyl (C=O) groups is 3. The van der Waals surface area contributed by atoms with Crippen LogP contribution in [0, 0.1) is 5.92 Å². The molecule has 5 rings (SSSR count). The van der Waals surface area contributed by atoms with Gasteiger partial charge in [-0.15, -0.1) is 11.3 Å². The highest BCUT2D eigenvalue weighted by Gasteiger charge is 2.56. The second-order valence-electron chi connectivity index (χ2n) is 8.62. The van der Waals surface area contributed by atoms with Gasteiger partial charge in [0, 0.05) is 24.0 Å². The van der Waals surface area contributed by atoms with Crippen molar-refractivity contribution in [3.63, 3.8) is 0 Å². The Kier molecular flexibility index (Phi) is 4.74. The molecule has 3 fully saturated rings. The van der Waals surface area contributed by atoms with Gasteiger partial charge in [-0.05, 0) is 56.7 Å². The molecule has 1 aromatic carbocycles. The molecular formula is C21H23ClN4O3S. The van der Waals surface area contributed by atoms with E-state index in [2.05, 4.69) is 5.32 Å². The van der Waals surface area contributed by atoms with Crippen molar-refractivity contribution in [1.29, 1.82) is 0 Å². The average Bonchev–Trinajstić information content (AvgIpc) is 3.47. The summed E-state index contributed by atoms with van der Waals surface area (Å²) in [6.45, 7) is 2.79. The number of nitrogens with zero attached hydrogens (tertiary/aromatic N) is 3. The van der Waals surface area contributed by atoms with Crippen LogP contribution in [0.1, 0.15) is 43.5 Å². The fourth-order valence-electron chi connectivity index (χ4n) is 4.50. The first kappa shape index (κ1) is 19.8. The highest BCUT2D eigenvalue weighted by atomic mass is 35.5. The molecule has 2 aromatic rings. The summed E-state index contributed by atoms with van der Waals surface area (Å²) in [5, 5.41) is 4.55. The molecule has 3 aliphatic rings. The standard InChI is InChI=1S/C21H23ClN4O3S/c1-21(13-2-3-13)19(28)26(20(29)24-21)11-17(27)25-8-6-12(7-9-25)18-23-15-10-14(22)4-5-16(15)30-18/h4-5,10,12-13H,2-3,6-9,11H2,1H3,(H,24,29). The Morgan fingerprint density at radius 1 is 1.27 bits per heavy atom. The number of amides is 4. The van der Waals surface area contributed by atoms with E-state index in [0.717, 1.165) is 45.8 Å². The van der Waals surface area contributed by atoms with Crippen molar-refractivity contribution in [2.45, 2.75) is 44.1 Å². The van der Waals surface area contributed by atoms with Gasteiger partial charge in [-0.1, -0.05) is 11.6 Å². The van der Waals surface area contributed by atoms with Crippen LogP contribution in [0.5, 0.6) is 0 Å². The zero-order valence-electron chi connectivity index (χ0n) is 16.7. The third-order valence-corrected chi connectivity index (χ3v) is 7.99. The van der Waals surface area contributed by atoms with E-state index in [1.165, 1.54) is 0 Å². The molecule has 0 spiro atoms. The van der Waals surface area contributed by atoms with Crippen molar-refractivity contribution >= 4 is 51.0 Å². The number of urea groups is 1.